The number of anilines is 7. The summed E-state index contributed by atoms with van der Waals surface area (Å²) in [5.41, 5.74) is 31.5. The van der Waals surface area contributed by atoms with Gasteiger partial charge in [-0.05, 0) is 193 Å². The van der Waals surface area contributed by atoms with Crippen LogP contribution in [0.4, 0.5) is 39.8 Å². The number of fused-ring (bicyclic) bond motifs is 4. The molecular weight excluding hydrogens is 1120 g/mol. The molecule has 4 fully saturated rings. The van der Waals surface area contributed by atoms with Gasteiger partial charge in [-0.2, -0.15) is 0 Å². The lowest BCUT2D eigenvalue weighted by molar-refractivity contribution is 0.0900. The first kappa shape index (κ1) is 57.0. The van der Waals surface area contributed by atoms with E-state index in [1.54, 1.807) is 0 Å². The summed E-state index contributed by atoms with van der Waals surface area (Å²) in [5.74, 6) is 1.67. The minimum atomic E-state index is -0.265. The minimum absolute atomic E-state index is 0.0241. The summed E-state index contributed by atoms with van der Waals surface area (Å²) in [4.78, 5) is 8.42. The van der Waals surface area contributed by atoms with Crippen molar-refractivity contribution in [2.24, 2.45) is 11.8 Å². The Morgan fingerprint density at radius 2 is 0.667 bits per heavy atom. The van der Waals surface area contributed by atoms with Crippen LogP contribution in [0.5, 0.6) is 0 Å². The molecule has 0 radical (unpaired) electrons. The molecule has 0 spiro atoms. The van der Waals surface area contributed by atoms with Crippen molar-refractivity contribution in [1.29, 1.82) is 0 Å². The number of rotatable bonds is 10. The fourth-order valence-corrected chi connectivity index (χ4v) is 17.1. The summed E-state index contributed by atoms with van der Waals surface area (Å²) in [6, 6.07) is 108. The van der Waals surface area contributed by atoms with Crippen molar-refractivity contribution in [3.8, 4) is 77.9 Å². The Kier molecular flexibility index (Phi) is 13.8. The average Bonchev–Trinajstić information content (AvgIpc) is 0.691. The topological polar surface area (TPSA) is 9.72 Å². The lowest BCUT2D eigenvalue weighted by Crippen LogP contribution is -2.62. The Balaban J connectivity index is 1.03. The Labute approximate surface area is 550 Å². The lowest BCUT2D eigenvalue weighted by Gasteiger charge is -2.57. The standard InChI is InChI=1S/C89H78BN3/c1-88(2,3)70-40-37-62(38-41-70)67-39-44-81-80(54-67)90-79-43-42-72(91-73-46-58-45-59(48-73)49-74(91)47-58)57-82(79)93(87-77(65-33-21-11-22-34-65)52-69(61-27-15-8-16-28-61)53-78(87)66-35-23-12-24-36-66)84-56-71(89(4,5)6)55-83(85(84)90)92(81)86-75(63-29-17-9-18-30-63)50-68(60-25-13-7-14-26-60)51-76(86)64-31-19-10-20-32-64/h7-44,50-59,73-74H,45-49H2,1-6H3. The van der Waals surface area contributed by atoms with Crippen molar-refractivity contribution in [1.82, 2.24) is 0 Å². The van der Waals surface area contributed by atoms with Crippen LogP contribution in [-0.2, 0) is 10.8 Å². The van der Waals surface area contributed by atoms with E-state index in [1.807, 2.05) is 0 Å². The van der Waals surface area contributed by atoms with Crippen LogP contribution in [0.1, 0.15) is 84.8 Å². The van der Waals surface area contributed by atoms with Crippen molar-refractivity contribution < 1.29 is 0 Å². The summed E-state index contributed by atoms with van der Waals surface area (Å²) in [6.45, 7) is 14.0. The zero-order valence-corrected chi connectivity index (χ0v) is 54.3. The first-order valence-electron chi connectivity index (χ1n) is 34.0. The molecule has 0 unspecified atom stereocenters. The summed E-state index contributed by atoms with van der Waals surface area (Å²) >= 11 is 0. The molecule has 2 saturated carbocycles. The van der Waals surface area contributed by atoms with Crippen LogP contribution in [0.15, 0.2) is 279 Å². The van der Waals surface area contributed by atoms with Gasteiger partial charge >= 0.3 is 0 Å². The Morgan fingerprint density at radius 1 is 0.290 bits per heavy atom. The van der Waals surface area contributed by atoms with Crippen LogP contribution < -0.4 is 31.1 Å². The fraction of sp³-hybridized carbons (Fsp3) is 0.191. The maximum atomic E-state index is 2.91. The molecule has 0 N–H and O–H groups in total. The molecule has 0 amide bonds. The molecule has 18 rings (SSSR count). The molecule has 4 aliphatic heterocycles. The van der Waals surface area contributed by atoms with Crippen LogP contribution in [0.25, 0.3) is 77.9 Å². The highest BCUT2D eigenvalue weighted by Crippen LogP contribution is 2.57. The van der Waals surface area contributed by atoms with Gasteiger partial charge in [-0.25, -0.2) is 0 Å². The lowest BCUT2D eigenvalue weighted by atomic mass is 9.33. The van der Waals surface area contributed by atoms with E-state index in [0.29, 0.717) is 12.1 Å². The molecule has 93 heavy (non-hydrogen) atoms. The quantitative estimate of drug-likeness (QED) is 0.126. The van der Waals surface area contributed by atoms with Crippen molar-refractivity contribution in [3.63, 3.8) is 0 Å². The third-order valence-corrected chi connectivity index (χ3v) is 21.4. The van der Waals surface area contributed by atoms with E-state index < -0.39 is 0 Å². The molecule has 12 aromatic rings. The van der Waals surface area contributed by atoms with E-state index in [2.05, 4.69) is 335 Å². The van der Waals surface area contributed by atoms with E-state index in [0.717, 1.165) is 17.5 Å². The molecule has 3 nitrogen and oxygen atoms in total. The molecule has 4 heteroatoms. The fourth-order valence-electron chi connectivity index (χ4n) is 17.1. The van der Waals surface area contributed by atoms with Crippen LogP contribution >= 0.6 is 0 Å². The Bertz CT molecular complexity index is 4650. The van der Waals surface area contributed by atoms with Gasteiger partial charge in [0.05, 0.1) is 11.4 Å². The van der Waals surface area contributed by atoms with Crippen molar-refractivity contribution in [3.05, 3.63) is 290 Å². The molecule has 6 aliphatic rings. The van der Waals surface area contributed by atoms with E-state index in [9.17, 15) is 0 Å². The van der Waals surface area contributed by atoms with E-state index in [4.69, 9.17) is 0 Å². The van der Waals surface area contributed by atoms with Crippen molar-refractivity contribution in [2.45, 2.75) is 96.6 Å². The number of benzene rings is 12. The predicted octanol–water partition coefficient (Wildman–Crippen LogP) is 21.8. The van der Waals surface area contributed by atoms with Gasteiger partial charge in [0.15, 0.2) is 0 Å². The van der Waals surface area contributed by atoms with Gasteiger partial charge in [0.2, 0.25) is 0 Å². The second-order valence-electron chi connectivity index (χ2n) is 29.3. The van der Waals surface area contributed by atoms with Crippen LogP contribution in [0.3, 0.4) is 0 Å². The van der Waals surface area contributed by atoms with Crippen LogP contribution in [-0.4, -0.2) is 18.8 Å². The average molecular weight is 1200 g/mol. The number of piperidine rings is 2. The SMILES string of the molecule is CC(C)(C)c1ccc(-c2ccc3c(c2)B2c4ccc(N5C6CC7CC(C6)CC5C7)cc4N(c4c(-c5ccccc5)cc(-c5ccccc5)cc4-c4ccccc4)c4cc(C(C)(C)C)cc(c42)N3c2c(-c3ccccc3)cc(-c3ccccc3)cc2-c2ccccc2)cc1. The van der Waals surface area contributed by atoms with Gasteiger partial charge in [-0.1, -0.05) is 266 Å². The summed E-state index contributed by atoms with van der Waals surface area (Å²) in [5, 5.41) is 0. The smallest absolute Gasteiger partial charge is 0.252 e. The highest BCUT2D eigenvalue weighted by molar-refractivity contribution is 7.00. The normalized spacial score (nSPS) is 17.7. The predicted molar refractivity (Wildman–Crippen MR) is 396 cm³/mol. The maximum absolute atomic E-state index is 2.91. The molecule has 2 saturated heterocycles. The molecule has 452 valence electrons. The number of hydrogen-bond acceptors (Lipinski definition) is 3. The second-order valence-corrected chi connectivity index (χ2v) is 29.3. The summed E-state index contributed by atoms with van der Waals surface area (Å²) < 4.78 is 0. The Hall–Kier alpha value is -9.90. The van der Waals surface area contributed by atoms with Crippen LogP contribution in [0, 0.1) is 11.8 Å². The monoisotopic (exact) mass is 1200 g/mol. The molecule has 0 aromatic heterocycles. The molecule has 2 aliphatic carbocycles. The van der Waals surface area contributed by atoms with Gasteiger partial charge in [0.25, 0.3) is 6.71 Å². The van der Waals surface area contributed by atoms with Gasteiger partial charge in [0.1, 0.15) is 0 Å². The molecule has 4 bridgehead atoms. The molecular formula is C89H78BN3. The van der Waals surface area contributed by atoms with E-state index >= 15 is 0 Å². The second kappa shape index (κ2) is 22.4. The largest absolute Gasteiger partial charge is 0.365 e. The maximum Gasteiger partial charge on any atom is 0.252 e. The number of hydrogen-bond donors (Lipinski definition) is 0. The van der Waals surface area contributed by atoms with E-state index in [1.165, 1.54) is 172 Å². The highest BCUT2D eigenvalue weighted by atomic mass is 15.2. The van der Waals surface area contributed by atoms with Gasteiger partial charge in [0, 0.05) is 62.8 Å². The van der Waals surface area contributed by atoms with Gasteiger partial charge < -0.3 is 14.7 Å². The Morgan fingerprint density at radius 3 is 1.08 bits per heavy atom. The summed E-state index contributed by atoms with van der Waals surface area (Å²) in [6.07, 6.45) is 6.58. The van der Waals surface area contributed by atoms with E-state index in [-0.39, 0.29) is 17.5 Å². The highest BCUT2D eigenvalue weighted by Gasteiger charge is 2.49. The third kappa shape index (κ3) is 9.95. The van der Waals surface area contributed by atoms with Crippen LogP contribution in [0.2, 0.25) is 0 Å². The van der Waals surface area contributed by atoms with Crippen molar-refractivity contribution >= 4 is 62.9 Å². The van der Waals surface area contributed by atoms with Gasteiger partial charge in [-0.3, -0.25) is 0 Å². The first-order valence-corrected chi connectivity index (χ1v) is 34.0. The molecule has 0 atom stereocenters. The minimum Gasteiger partial charge on any atom is -0.365 e. The zero-order valence-electron chi connectivity index (χ0n) is 54.3. The van der Waals surface area contributed by atoms with Gasteiger partial charge in [-0.15, -0.1) is 0 Å². The zero-order chi connectivity index (χ0) is 62.7. The van der Waals surface area contributed by atoms with Crippen molar-refractivity contribution in [2.75, 3.05) is 14.7 Å². The summed E-state index contributed by atoms with van der Waals surface area (Å²) in [7, 11) is 0. The number of nitrogens with zero attached hydrogens (tertiary/aromatic N) is 3. The first-order chi connectivity index (χ1) is 45.4. The molecule has 12 aromatic carbocycles. The third-order valence-electron chi connectivity index (χ3n) is 21.4. The molecule has 4 heterocycles.